The van der Waals surface area contributed by atoms with Crippen molar-refractivity contribution in [2.24, 2.45) is 0 Å². The molecule has 0 heterocycles. The zero-order valence-corrected chi connectivity index (χ0v) is 19.9. The minimum absolute atomic E-state index is 0.736. The standard InChI is InChI=1S/C18H34.C8H18O2/c1-3-5-7-9-11-13-15-17-18-16-14-12-10-8-6-4-2;1-3-4-5-6-7-8-10-9-2/h5,7,10,12H,3-4,6,8-9,11,13-18H2,1-2H3;3-8H2,1-2H3/b7-5-,12-10-;. The average Bonchev–Trinajstić information content (AvgIpc) is 2.71. The molecule has 0 saturated carbocycles. The molecule has 2 heteroatoms. The molecule has 0 spiro atoms. The zero-order valence-electron chi connectivity index (χ0n) is 19.9. The molecule has 0 rings (SSSR count). The molecule has 2 nitrogen and oxygen atoms in total. The molecule has 0 fully saturated rings. The lowest BCUT2D eigenvalue weighted by Crippen LogP contribution is -1.92. The number of unbranched alkanes of at least 4 members (excludes halogenated alkanes) is 13. The van der Waals surface area contributed by atoms with Gasteiger partial charge in [-0.1, -0.05) is 109 Å². The highest BCUT2D eigenvalue weighted by molar-refractivity contribution is 4.81. The van der Waals surface area contributed by atoms with Gasteiger partial charge in [0.05, 0.1) is 13.7 Å². The molecule has 168 valence electrons. The highest BCUT2D eigenvalue weighted by Gasteiger charge is 1.90. The van der Waals surface area contributed by atoms with Crippen LogP contribution in [0.1, 0.15) is 130 Å². The third-order valence-electron chi connectivity index (χ3n) is 4.73. The molecule has 0 aliphatic carbocycles. The van der Waals surface area contributed by atoms with E-state index in [9.17, 15) is 0 Å². The van der Waals surface area contributed by atoms with Gasteiger partial charge in [-0.05, 0) is 44.9 Å². The first kappa shape index (κ1) is 29.6. The van der Waals surface area contributed by atoms with Crippen molar-refractivity contribution in [3.63, 3.8) is 0 Å². The van der Waals surface area contributed by atoms with Gasteiger partial charge in [0.1, 0.15) is 0 Å². The Hall–Kier alpha value is -0.600. The molecule has 0 atom stereocenters. The number of rotatable bonds is 20. The fourth-order valence-corrected chi connectivity index (χ4v) is 2.92. The summed E-state index contributed by atoms with van der Waals surface area (Å²) in [6.45, 7) is 7.41. The summed E-state index contributed by atoms with van der Waals surface area (Å²) in [4.78, 5) is 9.16. The van der Waals surface area contributed by atoms with Crippen LogP contribution in [0.25, 0.3) is 0 Å². The van der Waals surface area contributed by atoms with Gasteiger partial charge in [-0.25, -0.2) is 9.78 Å². The molecule has 0 aliphatic heterocycles. The van der Waals surface area contributed by atoms with Gasteiger partial charge in [0.25, 0.3) is 0 Å². The lowest BCUT2D eigenvalue weighted by molar-refractivity contribution is -0.272. The maximum Gasteiger partial charge on any atom is 0.0822 e. The predicted molar refractivity (Wildman–Crippen MR) is 127 cm³/mol. The normalized spacial score (nSPS) is 11.3. The average molecular weight is 397 g/mol. The Labute approximate surface area is 178 Å². The molecular formula is C26H52O2. The van der Waals surface area contributed by atoms with Crippen molar-refractivity contribution in [3.05, 3.63) is 24.3 Å². The van der Waals surface area contributed by atoms with E-state index in [-0.39, 0.29) is 0 Å². The van der Waals surface area contributed by atoms with Gasteiger partial charge >= 0.3 is 0 Å². The summed E-state index contributed by atoms with van der Waals surface area (Å²) in [5, 5.41) is 0. The molecule has 0 aliphatic rings. The SMILES string of the molecule is CC/C=C\CCCCCCCC/C=C\CCCC.CCCCCCCOOC. The van der Waals surface area contributed by atoms with Crippen LogP contribution < -0.4 is 0 Å². The summed E-state index contributed by atoms with van der Waals surface area (Å²) in [6, 6.07) is 0. The molecule has 28 heavy (non-hydrogen) atoms. The first-order valence-electron chi connectivity index (χ1n) is 12.3. The first-order chi connectivity index (χ1) is 13.8. The van der Waals surface area contributed by atoms with Crippen molar-refractivity contribution in [2.75, 3.05) is 13.7 Å². The summed E-state index contributed by atoms with van der Waals surface area (Å²) in [7, 11) is 1.55. The lowest BCUT2D eigenvalue weighted by atomic mass is 10.1. The van der Waals surface area contributed by atoms with Gasteiger partial charge in [0.2, 0.25) is 0 Å². The molecule has 0 aromatic rings. The monoisotopic (exact) mass is 396 g/mol. The fraction of sp³-hybridized carbons (Fsp3) is 0.846. The molecule has 0 bridgehead atoms. The summed E-state index contributed by atoms with van der Waals surface area (Å²) < 4.78 is 0. The van der Waals surface area contributed by atoms with E-state index in [1.165, 1.54) is 103 Å². The van der Waals surface area contributed by atoms with Crippen LogP contribution in [-0.4, -0.2) is 13.7 Å². The second kappa shape index (κ2) is 31.1. The number of hydrogen-bond donors (Lipinski definition) is 0. The van der Waals surface area contributed by atoms with Crippen LogP contribution in [0.5, 0.6) is 0 Å². The highest BCUT2D eigenvalue weighted by Crippen LogP contribution is 2.09. The second-order valence-corrected chi connectivity index (χ2v) is 7.59. The van der Waals surface area contributed by atoms with E-state index in [1.54, 1.807) is 7.11 Å². The van der Waals surface area contributed by atoms with Gasteiger partial charge in [-0.3, -0.25) is 0 Å². The molecule has 0 N–H and O–H groups in total. The minimum atomic E-state index is 0.736. The Kier molecular flexibility index (Phi) is 32.9. The summed E-state index contributed by atoms with van der Waals surface area (Å²) >= 11 is 0. The van der Waals surface area contributed by atoms with E-state index in [0.717, 1.165) is 13.0 Å². The van der Waals surface area contributed by atoms with Crippen LogP contribution in [0.15, 0.2) is 24.3 Å². The smallest absolute Gasteiger partial charge is 0.0822 e. The van der Waals surface area contributed by atoms with Crippen LogP contribution in [-0.2, 0) is 9.78 Å². The maximum absolute atomic E-state index is 4.71. The third-order valence-corrected chi connectivity index (χ3v) is 4.73. The van der Waals surface area contributed by atoms with Crippen LogP contribution in [0.3, 0.4) is 0 Å². The van der Waals surface area contributed by atoms with E-state index in [4.69, 9.17) is 4.89 Å². The fourth-order valence-electron chi connectivity index (χ4n) is 2.92. The number of allylic oxidation sites excluding steroid dienone is 4. The van der Waals surface area contributed by atoms with Crippen LogP contribution >= 0.6 is 0 Å². The summed E-state index contributed by atoms with van der Waals surface area (Å²) in [6.07, 6.45) is 31.9. The topological polar surface area (TPSA) is 18.5 Å². The van der Waals surface area contributed by atoms with Gasteiger partial charge < -0.3 is 0 Å². The predicted octanol–water partition coefficient (Wildman–Crippen LogP) is 9.35. The molecule has 0 aromatic heterocycles. The van der Waals surface area contributed by atoms with Crippen LogP contribution in [0.4, 0.5) is 0 Å². The maximum atomic E-state index is 4.71. The Morgan fingerprint density at radius 1 is 0.500 bits per heavy atom. The molecule has 0 aromatic carbocycles. The Balaban J connectivity index is 0. The van der Waals surface area contributed by atoms with Gasteiger partial charge in [0.15, 0.2) is 0 Å². The Morgan fingerprint density at radius 2 is 0.964 bits per heavy atom. The van der Waals surface area contributed by atoms with Crippen molar-refractivity contribution in [1.82, 2.24) is 0 Å². The third kappa shape index (κ3) is 33.0. The van der Waals surface area contributed by atoms with Crippen molar-refractivity contribution in [2.45, 2.75) is 130 Å². The summed E-state index contributed by atoms with van der Waals surface area (Å²) in [5.74, 6) is 0. The van der Waals surface area contributed by atoms with E-state index in [0.29, 0.717) is 0 Å². The van der Waals surface area contributed by atoms with Crippen molar-refractivity contribution < 1.29 is 9.78 Å². The van der Waals surface area contributed by atoms with Crippen LogP contribution in [0.2, 0.25) is 0 Å². The second-order valence-electron chi connectivity index (χ2n) is 7.59. The van der Waals surface area contributed by atoms with Gasteiger partial charge in [0, 0.05) is 0 Å². The molecule has 0 radical (unpaired) electrons. The molecule has 0 unspecified atom stereocenters. The quantitative estimate of drug-likeness (QED) is 0.0883. The van der Waals surface area contributed by atoms with Gasteiger partial charge in [-0.2, -0.15) is 0 Å². The zero-order chi connectivity index (χ0) is 21.0. The van der Waals surface area contributed by atoms with E-state index < -0.39 is 0 Å². The molecular weight excluding hydrogens is 344 g/mol. The molecule has 0 amide bonds. The highest BCUT2D eigenvalue weighted by atomic mass is 17.2. The minimum Gasteiger partial charge on any atom is -0.240 e. The largest absolute Gasteiger partial charge is 0.240 e. The van der Waals surface area contributed by atoms with Crippen molar-refractivity contribution in [3.8, 4) is 0 Å². The van der Waals surface area contributed by atoms with E-state index in [1.807, 2.05) is 0 Å². The van der Waals surface area contributed by atoms with E-state index >= 15 is 0 Å². The number of hydrogen-bond acceptors (Lipinski definition) is 2. The lowest BCUT2D eigenvalue weighted by Gasteiger charge is -1.99. The van der Waals surface area contributed by atoms with E-state index in [2.05, 4.69) is 50.0 Å². The first-order valence-corrected chi connectivity index (χ1v) is 12.3. The van der Waals surface area contributed by atoms with Crippen molar-refractivity contribution in [1.29, 1.82) is 0 Å². The molecule has 0 saturated heterocycles. The Bertz CT molecular complexity index is 289. The van der Waals surface area contributed by atoms with Crippen LogP contribution in [0, 0.1) is 0 Å². The van der Waals surface area contributed by atoms with Gasteiger partial charge in [-0.15, -0.1) is 0 Å². The summed E-state index contributed by atoms with van der Waals surface area (Å²) in [5.41, 5.74) is 0. The van der Waals surface area contributed by atoms with Crippen molar-refractivity contribution >= 4 is 0 Å². The Morgan fingerprint density at radius 3 is 1.50 bits per heavy atom.